The van der Waals surface area contributed by atoms with Gasteiger partial charge in [0, 0.05) is 49.9 Å². The fourth-order valence-electron chi connectivity index (χ4n) is 4.53. The number of likely N-dealkylation sites (tertiary alicyclic amines) is 1. The number of hydrogen-bond acceptors (Lipinski definition) is 7. The van der Waals surface area contributed by atoms with E-state index >= 15 is 0 Å². The monoisotopic (exact) mass is 604 g/mol. The van der Waals surface area contributed by atoms with Crippen molar-refractivity contribution < 1.29 is 32.8 Å². The first-order valence-corrected chi connectivity index (χ1v) is 14.7. The Bertz CT molecular complexity index is 1190. The predicted molar refractivity (Wildman–Crippen MR) is 153 cm³/mol. The molecule has 0 spiro atoms. The molecule has 0 aromatic carbocycles. The lowest BCUT2D eigenvalue weighted by atomic mass is 10.0. The number of carbonyl (C=O) groups excluding carboxylic acids is 5. The zero-order valence-electron chi connectivity index (χ0n) is 25.1. The van der Waals surface area contributed by atoms with Crippen LogP contribution in [0.3, 0.4) is 0 Å². The topological polar surface area (TPSA) is 161 Å². The number of aromatic nitrogens is 1. The molecule has 43 heavy (non-hydrogen) atoms. The number of ketones is 1. The van der Waals surface area contributed by atoms with E-state index in [1.54, 1.807) is 6.07 Å². The number of amides is 4. The number of halogens is 2. The van der Waals surface area contributed by atoms with Crippen molar-refractivity contribution in [2.75, 3.05) is 13.1 Å². The normalized spacial score (nSPS) is 16.3. The van der Waals surface area contributed by atoms with Crippen LogP contribution in [0.4, 0.5) is 8.78 Å². The maximum atomic E-state index is 13.7. The molecule has 1 aromatic heterocycles. The van der Waals surface area contributed by atoms with Crippen LogP contribution in [0.2, 0.25) is 0 Å². The zero-order chi connectivity index (χ0) is 32.0. The number of rotatable bonds is 17. The highest BCUT2D eigenvalue weighted by Gasteiger charge is 2.48. The molecular weight excluding hydrogens is 562 g/mol. The van der Waals surface area contributed by atoms with E-state index in [9.17, 15) is 32.8 Å². The Morgan fingerprint density at radius 3 is 2.35 bits per heavy atom. The minimum atomic E-state index is -3.16. The molecule has 2 heterocycles. The molecule has 13 heteroatoms. The van der Waals surface area contributed by atoms with Gasteiger partial charge in [-0.2, -0.15) is 5.26 Å². The number of nitriles is 1. The number of nitrogens with one attached hydrogen (secondary N) is 3. The van der Waals surface area contributed by atoms with Crippen LogP contribution < -0.4 is 16.0 Å². The molecule has 4 amide bonds. The van der Waals surface area contributed by atoms with Gasteiger partial charge in [-0.25, -0.2) is 8.78 Å². The highest BCUT2D eigenvalue weighted by atomic mass is 19.3. The highest BCUT2D eigenvalue weighted by molar-refractivity contribution is 5.97. The van der Waals surface area contributed by atoms with Crippen molar-refractivity contribution in [2.24, 2.45) is 5.92 Å². The molecule has 0 radical (unpaired) electrons. The van der Waals surface area contributed by atoms with Crippen LogP contribution in [0, 0.1) is 17.2 Å². The number of nitrogens with zero attached hydrogens (tertiary/aromatic N) is 3. The van der Waals surface area contributed by atoms with Crippen LogP contribution in [0.5, 0.6) is 0 Å². The van der Waals surface area contributed by atoms with Crippen LogP contribution >= 0.6 is 0 Å². The van der Waals surface area contributed by atoms with E-state index in [0.717, 1.165) is 37.0 Å². The molecule has 0 saturated carbocycles. The van der Waals surface area contributed by atoms with Crippen molar-refractivity contribution in [2.45, 2.75) is 103 Å². The van der Waals surface area contributed by atoms with Crippen molar-refractivity contribution in [1.82, 2.24) is 25.8 Å². The van der Waals surface area contributed by atoms with Gasteiger partial charge in [-0.3, -0.25) is 29.0 Å². The average molecular weight is 605 g/mol. The Labute approximate surface area is 251 Å². The maximum Gasteiger partial charge on any atom is 0.268 e. The van der Waals surface area contributed by atoms with Gasteiger partial charge in [0.05, 0.1) is 24.9 Å². The van der Waals surface area contributed by atoms with Gasteiger partial charge >= 0.3 is 0 Å². The SMILES string of the molecule is CC(C)C(=O)CCCCCCCNC(=O)CCC(=O)NCc1cc(C(=O)N[C@H](C)C(=O)N2CC(F)(F)C[C@H]2C#N)ccn1. The summed E-state index contributed by atoms with van der Waals surface area (Å²) in [6.45, 7) is 4.81. The molecule has 1 aromatic rings. The molecule has 1 saturated heterocycles. The van der Waals surface area contributed by atoms with Crippen LogP contribution in [0.25, 0.3) is 0 Å². The van der Waals surface area contributed by atoms with E-state index in [1.807, 2.05) is 13.8 Å². The van der Waals surface area contributed by atoms with E-state index < -0.39 is 42.8 Å². The summed E-state index contributed by atoms with van der Waals surface area (Å²) in [5.74, 6) is -4.81. The number of carbonyl (C=O) groups is 5. The lowest BCUT2D eigenvalue weighted by Gasteiger charge is -2.23. The van der Waals surface area contributed by atoms with Crippen LogP contribution in [-0.2, 0) is 25.7 Å². The molecule has 236 valence electrons. The number of pyridine rings is 1. The molecule has 1 aliphatic rings. The summed E-state index contributed by atoms with van der Waals surface area (Å²) in [4.78, 5) is 66.0. The first kappa shape index (κ1) is 35.2. The Morgan fingerprint density at radius 1 is 1.02 bits per heavy atom. The molecular formula is C30H42F2N6O5. The van der Waals surface area contributed by atoms with Crippen molar-refractivity contribution in [1.29, 1.82) is 5.26 Å². The lowest BCUT2D eigenvalue weighted by molar-refractivity contribution is -0.134. The van der Waals surface area contributed by atoms with Gasteiger partial charge in [0.15, 0.2) is 0 Å². The molecule has 0 unspecified atom stereocenters. The molecule has 2 atom stereocenters. The Balaban J connectivity index is 1.66. The highest BCUT2D eigenvalue weighted by Crippen LogP contribution is 2.32. The summed E-state index contributed by atoms with van der Waals surface area (Å²) >= 11 is 0. The summed E-state index contributed by atoms with van der Waals surface area (Å²) in [5, 5.41) is 17.0. The second-order valence-corrected chi connectivity index (χ2v) is 11.2. The Morgan fingerprint density at radius 2 is 1.67 bits per heavy atom. The number of unbranched alkanes of at least 4 members (excludes halogenated alkanes) is 4. The molecule has 11 nitrogen and oxygen atoms in total. The van der Waals surface area contributed by atoms with Gasteiger partial charge in [-0.05, 0) is 31.9 Å². The fraction of sp³-hybridized carbons (Fsp3) is 0.633. The first-order chi connectivity index (χ1) is 20.3. The molecule has 1 aliphatic heterocycles. The van der Waals surface area contributed by atoms with Gasteiger partial charge in [0.2, 0.25) is 17.7 Å². The summed E-state index contributed by atoms with van der Waals surface area (Å²) in [5.41, 5.74) is 0.507. The van der Waals surface area contributed by atoms with Gasteiger partial charge in [0.25, 0.3) is 11.8 Å². The molecule has 1 fully saturated rings. The third-order valence-corrected chi connectivity index (χ3v) is 7.11. The summed E-state index contributed by atoms with van der Waals surface area (Å²) in [6.07, 6.45) is 5.89. The number of Topliss-reactive ketones (excluding diaryl/α,β-unsaturated/α-hetero) is 1. The zero-order valence-corrected chi connectivity index (χ0v) is 25.1. The number of hydrogen-bond donors (Lipinski definition) is 3. The van der Waals surface area contributed by atoms with Gasteiger partial charge in [-0.15, -0.1) is 0 Å². The van der Waals surface area contributed by atoms with E-state index in [0.29, 0.717) is 18.7 Å². The first-order valence-electron chi connectivity index (χ1n) is 14.7. The predicted octanol–water partition coefficient (Wildman–Crippen LogP) is 3.04. The quantitative estimate of drug-likeness (QED) is 0.230. The third-order valence-electron chi connectivity index (χ3n) is 7.11. The van der Waals surface area contributed by atoms with Crippen LogP contribution in [0.1, 0.15) is 94.6 Å². The van der Waals surface area contributed by atoms with Crippen LogP contribution in [-0.4, -0.2) is 70.4 Å². The Hall–Kier alpha value is -3.95. The van der Waals surface area contributed by atoms with E-state index in [1.165, 1.54) is 25.3 Å². The summed E-state index contributed by atoms with van der Waals surface area (Å²) in [7, 11) is 0. The van der Waals surface area contributed by atoms with Gasteiger partial charge in [0.1, 0.15) is 17.9 Å². The van der Waals surface area contributed by atoms with E-state index in [4.69, 9.17) is 5.26 Å². The van der Waals surface area contributed by atoms with Gasteiger partial charge in [-0.1, -0.05) is 33.1 Å². The second-order valence-electron chi connectivity index (χ2n) is 11.2. The average Bonchev–Trinajstić information content (AvgIpc) is 3.29. The minimum absolute atomic E-state index is 0.00549. The molecule has 3 N–H and O–H groups in total. The standard InChI is InChI=1S/C30H42F2N6O5/c1-20(2)25(39)9-7-5-4-6-8-13-35-26(40)10-11-27(41)36-18-23-15-22(12-14-34-23)28(42)37-21(3)29(43)38-19-30(31,32)16-24(38)17-33/h12,14-15,20-21,24H,4-11,13,16,18-19H2,1-3H3,(H,35,40)(H,36,41)(H,37,42)/t21-,24+/m1/s1. The van der Waals surface area contributed by atoms with Crippen molar-refractivity contribution in [3.05, 3.63) is 29.6 Å². The Kier molecular flexibility index (Phi) is 14.1. The van der Waals surface area contributed by atoms with Gasteiger partial charge < -0.3 is 20.9 Å². The number of alkyl halides is 2. The second kappa shape index (κ2) is 17.2. The maximum absolute atomic E-state index is 13.7. The van der Waals surface area contributed by atoms with Crippen LogP contribution in [0.15, 0.2) is 18.3 Å². The minimum Gasteiger partial charge on any atom is -0.356 e. The lowest BCUT2D eigenvalue weighted by Crippen LogP contribution is -2.48. The molecule has 0 aliphatic carbocycles. The fourth-order valence-corrected chi connectivity index (χ4v) is 4.53. The smallest absolute Gasteiger partial charge is 0.268 e. The van der Waals surface area contributed by atoms with Crippen molar-refractivity contribution >= 4 is 29.4 Å². The third kappa shape index (κ3) is 12.4. The van der Waals surface area contributed by atoms with E-state index in [2.05, 4.69) is 20.9 Å². The molecule has 0 bridgehead atoms. The van der Waals surface area contributed by atoms with E-state index in [-0.39, 0.29) is 48.5 Å². The summed E-state index contributed by atoms with van der Waals surface area (Å²) < 4.78 is 27.4. The van der Waals surface area contributed by atoms with Crippen molar-refractivity contribution in [3.63, 3.8) is 0 Å². The van der Waals surface area contributed by atoms with Crippen molar-refractivity contribution in [3.8, 4) is 6.07 Å². The summed E-state index contributed by atoms with van der Waals surface area (Å²) in [6, 6.07) is 2.11. The largest absolute Gasteiger partial charge is 0.356 e. The molecule has 2 rings (SSSR count).